The fourth-order valence-electron chi connectivity index (χ4n) is 9.97. The van der Waals surface area contributed by atoms with Crippen LogP contribution in [0.15, 0.2) is 150 Å². The molecule has 5 heterocycles. The van der Waals surface area contributed by atoms with Crippen LogP contribution >= 0.6 is 0 Å². The molecule has 1 amide bonds. The molecule has 5 aromatic carbocycles. The maximum absolute atomic E-state index is 16.9. The van der Waals surface area contributed by atoms with E-state index in [9.17, 15) is 14.7 Å². The molecule has 10 rings (SSSR count). The molecule has 1 spiro atoms. The van der Waals surface area contributed by atoms with Gasteiger partial charge in [0.2, 0.25) is 8.41 Å². The smallest absolute Gasteiger partial charge is 0.279 e. The minimum atomic E-state index is -3.54. The molecule has 322 valence electrons. The van der Waals surface area contributed by atoms with E-state index in [2.05, 4.69) is 20.5 Å². The van der Waals surface area contributed by atoms with Crippen molar-refractivity contribution in [2.24, 2.45) is 5.92 Å². The van der Waals surface area contributed by atoms with E-state index in [-0.39, 0.29) is 36.1 Å². The highest BCUT2D eigenvalue weighted by atomic mass is 28.4. The first-order valence-corrected chi connectivity index (χ1v) is 24.3. The molecule has 15 heteroatoms. The summed E-state index contributed by atoms with van der Waals surface area (Å²) in [6.07, 6.45) is 4.76. The van der Waals surface area contributed by atoms with Crippen molar-refractivity contribution in [2.75, 3.05) is 11.5 Å². The Morgan fingerprint density at radius 2 is 1.41 bits per heavy atom. The summed E-state index contributed by atoms with van der Waals surface area (Å²) >= 11 is 0. The molecule has 8 aromatic rings. The molecule has 1 fully saturated rings. The second-order valence-corrected chi connectivity index (χ2v) is 21.1. The zero-order chi connectivity index (χ0) is 44.3. The summed E-state index contributed by atoms with van der Waals surface area (Å²) in [4.78, 5) is 44.3. The lowest BCUT2D eigenvalue weighted by Gasteiger charge is -2.31. The maximum atomic E-state index is 16.9. The van der Waals surface area contributed by atoms with Crippen LogP contribution in [0.5, 0.6) is 0 Å². The van der Waals surface area contributed by atoms with E-state index in [1.807, 2.05) is 85.8 Å². The van der Waals surface area contributed by atoms with Gasteiger partial charge in [0.05, 0.1) is 71.1 Å². The second kappa shape index (κ2) is 16.0. The topological polar surface area (TPSA) is 150 Å². The van der Waals surface area contributed by atoms with Crippen LogP contribution in [-0.2, 0) is 28.2 Å². The standard InChI is InChI=1S/C49H45FN8O5Si/c1-31-45(64(2,3)50)44(23-24-55-29-42(53-54-55)40(30-59)33-11-5-4-6-12-33)63-49(31)41-25-37(58-47(61)39-16-10-8-14-35(39)27-52-58)21-22-43(41)56(48(49)62)28-32-17-19-36(20-18-32)57-46(60)38-15-9-7-13-34(38)26-51-57/h4-22,25-27,29,31,40,44-45,59H,23-24,28,30H2,1-3H3/t31-,40?,44+,45-,49+/m1/s1. The van der Waals surface area contributed by atoms with Crippen LogP contribution in [0.3, 0.4) is 0 Å². The summed E-state index contributed by atoms with van der Waals surface area (Å²) in [6, 6.07) is 36.8. The zero-order valence-corrected chi connectivity index (χ0v) is 36.5. The molecule has 2 aliphatic heterocycles. The Kier molecular flexibility index (Phi) is 10.3. The van der Waals surface area contributed by atoms with Gasteiger partial charge < -0.3 is 18.9 Å². The molecule has 0 radical (unpaired) electrons. The van der Waals surface area contributed by atoms with Crippen LogP contribution < -0.4 is 16.0 Å². The van der Waals surface area contributed by atoms with Crippen molar-refractivity contribution >= 4 is 41.5 Å². The molecule has 5 atom stereocenters. The number of carbonyl (C=O) groups is 1. The number of fused-ring (bicyclic) bond motifs is 4. The number of hydrogen-bond donors (Lipinski definition) is 1. The number of carbonyl (C=O) groups excluding carboxylic acids is 1. The van der Waals surface area contributed by atoms with Crippen LogP contribution in [0.25, 0.3) is 32.9 Å². The second-order valence-electron chi connectivity index (χ2n) is 17.3. The van der Waals surface area contributed by atoms with Crippen molar-refractivity contribution in [3.05, 3.63) is 183 Å². The fourth-order valence-corrected chi connectivity index (χ4v) is 12.5. The number of aryl methyl sites for hydroxylation is 1. The van der Waals surface area contributed by atoms with Crippen molar-refractivity contribution < 1.29 is 18.7 Å². The zero-order valence-electron chi connectivity index (χ0n) is 35.5. The van der Waals surface area contributed by atoms with Gasteiger partial charge in [-0.15, -0.1) is 5.10 Å². The van der Waals surface area contributed by atoms with E-state index in [1.165, 1.54) is 9.36 Å². The average Bonchev–Trinajstić information content (AvgIpc) is 3.96. The minimum absolute atomic E-state index is 0.148. The number of benzene rings is 5. The molecule has 1 unspecified atom stereocenters. The summed E-state index contributed by atoms with van der Waals surface area (Å²) in [5.41, 5.74) is 1.69. The van der Waals surface area contributed by atoms with Gasteiger partial charge in [-0.25, -0.2) is 0 Å². The van der Waals surface area contributed by atoms with Crippen LogP contribution in [0, 0.1) is 5.92 Å². The van der Waals surface area contributed by atoms with E-state index >= 15 is 8.90 Å². The Bertz CT molecular complexity index is 3190. The Hall–Kier alpha value is -6.94. The predicted octanol–water partition coefficient (Wildman–Crippen LogP) is 7.21. The molecular weight excluding hydrogens is 828 g/mol. The Morgan fingerprint density at radius 1 is 0.797 bits per heavy atom. The average molecular weight is 873 g/mol. The van der Waals surface area contributed by atoms with Crippen LogP contribution in [0.4, 0.5) is 9.80 Å². The van der Waals surface area contributed by atoms with Gasteiger partial charge in [-0.05, 0) is 73.1 Å². The maximum Gasteiger partial charge on any atom is 0.279 e. The predicted molar refractivity (Wildman–Crippen MR) is 244 cm³/mol. The highest BCUT2D eigenvalue weighted by molar-refractivity contribution is 6.72. The van der Waals surface area contributed by atoms with Crippen molar-refractivity contribution in [1.82, 2.24) is 34.6 Å². The molecule has 0 bridgehead atoms. The highest BCUT2D eigenvalue weighted by Gasteiger charge is 2.66. The minimum Gasteiger partial charge on any atom is -0.395 e. The number of ether oxygens (including phenoxy) is 1. The number of rotatable bonds is 11. The lowest BCUT2D eigenvalue weighted by atomic mass is 9.82. The molecule has 64 heavy (non-hydrogen) atoms. The van der Waals surface area contributed by atoms with Crippen molar-refractivity contribution in [3.8, 4) is 11.4 Å². The summed E-state index contributed by atoms with van der Waals surface area (Å²) in [5, 5.41) is 30.5. The van der Waals surface area contributed by atoms with Gasteiger partial charge in [-0.3, -0.25) is 19.1 Å². The van der Waals surface area contributed by atoms with Gasteiger partial charge in [-0.1, -0.05) is 91.0 Å². The van der Waals surface area contributed by atoms with E-state index < -0.39 is 31.6 Å². The van der Waals surface area contributed by atoms with Crippen molar-refractivity contribution in [1.29, 1.82) is 0 Å². The van der Waals surface area contributed by atoms with E-state index in [0.29, 0.717) is 57.4 Å². The Labute approximate surface area is 368 Å². The Balaban J connectivity index is 1.01. The van der Waals surface area contributed by atoms with Crippen molar-refractivity contribution in [2.45, 2.75) is 62.7 Å². The third-order valence-electron chi connectivity index (χ3n) is 13.0. The van der Waals surface area contributed by atoms with E-state index in [1.54, 1.807) is 83.7 Å². The van der Waals surface area contributed by atoms with E-state index in [4.69, 9.17) is 4.74 Å². The Morgan fingerprint density at radius 3 is 2.05 bits per heavy atom. The number of halogens is 1. The summed E-state index contributed by atoms with van der Waals surface area (Å²) < 4.78 is 28.3. The summed E-state index contributed by atoms with van der Waals surface area (Å²) in [7, 11) is -3.54. The first-order valence-electron chi connectivity index (χ1n) is 21.4. The van der Waals surface area contributed by atoms with Crippen molar-refractivity contribution in [3.63, 3.8) is 0 Å². The molecule has 0 saturated carbocycles. The van der Waals surface area contributed by atoms with Gasteiger partial charge in [0, 0.05) is 40.5 Å². The fraction of sp³-hybridized carbons (Fsp3) is 0.245. The number of nitrogens with zero attached hydrogens (tertiary/aromatic N) is 8. The van der Waals surface area contributed by atoms with Gasteiger partial charge in [0.1, 0.15) is 0 Å². The monoisotopic (exact) mass is 872 g/mol. The van der Waals surface area contributed by atoms with Crippen LogP contribution in [0.1, 0.15) is 41.6 Å². The SMILES string of the molecule is C[C@@H]1[C@@H]([Si](C)(C)F)[C@H](CCn2cc(C(CO)c3ccccc3)nn2)O[C@@]12C(=O)N(Cc1ccc(-n3ncc4ccccc4c3=O)cc1)c1ccc(-n3ncc4ccccc4c3=O)cc12. The number of aliphatic hydroxyl groups is 1. The highest BCUT2D eigenvalue weighted by Crippen LogP contribution is 2.60. The number of anilines is 1. The first kappa shape index (κ1) is 41.1. The third kappa shape index (κ3) is 6.87. The van der Waals surface area contributed by atoms with Gasteiger partial charge in [-0.2, -0.15) is 19.6 Å². The number of hydrogen-bond acceptors (Lipinski definition) is 9. The van der Waals surface area contributed by atoms with E-state index in [0.717, 1.165) is 16.5 Å². The number of amides is 1. The summed E-state index contributed by atoms with van der Waals surface area (Å²) in [6.45, 7) is 5.56. The molecule has 2 aliphatic rings. The van der Waals surface area contributed by atoms with Gasteiger partial charge in [0.25, 0.3) is 17.0 Å². The molecular formula is C49H45FN8O5Si. The molecule has 0 aliphatic carbocycles. The summed E-state index contributed by atoms with van der Waals surface area (Å²) in [5.74, 6) is -1.30. The lowest BCUT2D eigenvalue weighted by Crippen LogP contribution is -2.45. The number of aliphatic hydroxyl groups excluding tert-OH is 1. The largest absolute Gasteiger partial charge is 0.395 e. The van der Waals surface area contributed by atoms with Crippen LogP contribution in [0.2, 0.25) is 18.6 Å². The first-order chi connectivity index (χ1) is 31.0. The lowest BCUT2D eigenvalue weighted by molar-refractivity contribution is -0.146. The quantitative estimate of drug-likeness (QED) is 0.105. The van der Waals surface area contributed by atoms with Crippen LogP contribution in [-0.4, -0.2) is 66.7 Å². The molecule has 1 saturated heterocycles. The normalized spacial score (nSPS) is 20.1. The molecule has 13 nitrogen and oxygen atoms in total. The number of aromatic nitrogens is 7. The van der Waals surface area contributed by atoms with Gasteiger partial charge >= 0.3 is 0 Å². The molecule has 1 N–H and O–H groups in total. The molecule has 3 aromatic heterocycles. The third-order valence-corrected chi connectivity index (χ3v) is 15.5. The van der Waals surface area contributed by atoms with Gasteiger partial charge in [0.15, 0.2) is 5.60 Å².